The van der Waals surface area contributed by atoms with Crippen LogP contribution in [0.3, 0.4) is 0 Å². The Labute approximate surface area is 127 Å². The van der Waals surface area contributed by atoms with Crippen molar-refractivity contribution in [1.82, 2.24) is 10.3 Å². The van der Waals surface area contributed by atoms with Gasteiger partial charge in [0, 0.05) is 31.5 Å². The standard InChI is InChI=1S/C16H28N2O3/c1-4-5-9-20-12-15(19)11-17-10-14-7-6-8-18-16(14)21-13(2)3/h6-8,13,15,17,19H,4-5,9-12H2,1-3H3. The first-order valence-corrected chi connectivity index (χ1v) is 7.70. The zero-order valence-electron chi connectivity index (χ0n) is 13.3. The number of unbranched alkanes of at least 4 members (excludes halogenated alkanes) is 1. The zero-order chi connectivity index (χ0) is 15.5. The molecule has 1 unspecified atom stereocenters. The van der Waals surface area contributed by atoms with Gasteiger partial charge in [0.2, 0.25) is 5.88 Å². The first kappa shape index (κ1) is 17.9. The van der Waals surface area contributed by atoms with E-state index in [1.165, 1.54) is 0 Å². The molecule has 0 aliphatic carbocycles. The third-order valence-corrected chi connectivity index (χ3v) is 2.85. The SMILES string of the molecule is CCCCOCC(O)CNCc1cccnc1OC(C)C. The summed E-state index contributed by atoms with van der Waals surface area (Å²) in [6, 6.07) is 3.86. The van der Waals surface area contributed by atoms with Gasteiger partial charge in [-0.05, 0) is 26.3 Å². The lowest BCUT2D eigenvalue weighted by molar-refractivity contribution is 0.0357. The number of aromatic nitrogens is 1. The molecule has 1 aromatic heterocycles. The molecule has 1 rings (SSSR count). The summed E-state index contributed by atoms with van der Waals surface area (Å²) in [6.45, 7) is 8.25. The molecular formula is C16H28N2O3. The van der Waals surface area contributed by atoms with E-state index in [9.17, 15) is 5.11 Å². The first-order valence-electron chi connectivity index (χ1n) is 7.70. The summed E-state index contributed by atoms with van der Waals surface area (Å²) < 4.78 is 11.0. The molecule has 0 saturated carbocycles. The highest BCUT2D eigenvalue weighted by molar-refractivity contribution is 5.25. The number of ether oxygens (including phenoxy) is 2. The minimum atomic E-state index is -0.493. The number of hydrogen-bond donors (Lipinski definition) is 2. The molecule has 0 saturated heterocycles. The fourth-order valence-corrected chi connectivity index (χ4v) is 1.79. The number of aliphatic hydroxyl groups excluding tert-OH is 1. The normalized spacial score (nSPS) is 12.6. The molecule has 120 valence electrons. The van der Waals surface area contributed by atoms with Crippen LogP contribution >= 0.6 is 0 Å². The minimum absolute atomic E-state index is 0.0937. The molecule has 0 amide bonds. The second kappa shape index (κ2) is 10.5. The van der Waals surface area contributed by atoms with Crippen molar-refractivity contribution in [2.45, 2.75) is 52.4 Å². The van der Waals surface area contributed by atoms with Crippen LogP contribution in [0, 0.1) is 0 Å². The number of rotatable bonds is 11. The molecule has 1 atom stereocenters. The molecular weight excluding hydrogens is 268 g/mol. The van der Waals surface area contributed by atoms with Gasteiger partial charge in [0.05, 0.1) is 18.8 Å². The van der Waals surface area contributed by atoms with Gasteiger partial charge in [-0.2, -0.15) is 0 Å². The Balaban J connectivity index is 2.28. The number of hydrogen-bond acceptors (Lipinski definition) is 5. The van der Waals surface area contributed by atoms with Gasteiger partial charge in [-0.15, -0.1) is 0 Å². The Hall–Kier alpha value is -1.17. The van der Waals surface area contributed by atoms with Crippen molar-refractivity contribution in [3.63, 3.8) is 0 Å². The highest BCUT2D eigenvalue weighted by Gasteiger charge is 2.08. The lowest BCUT2D eigenvalue weighted by atomic mass is 10.2. The van der Waals surface area contributed by atoms with Crippen LogP contribution < -0.4 is 10.1 Å². The molecule has 2 N–H and O–H groups in total. The number of nitrogens with zero attached hydrogens (tertiary/aromatic N) is 1. The van der Waals surface area contributed by atoms with Gasteiger partial charge in [0.1, 0.15) is 0 Å². The molecule has 0 aromatic carbocycles. The molecule has 0 radical (unpaired) electrons. The smallest absolute Gasteiger partial charge is 0.218 e. The second-order valence-electron chi connectivity index (χ2n) is 5.35. The van der Waals surface area contributed by atoms with Gasteiger partial charge < -0.3 is 19.9 Å². The van der Waals surface area contributed by atoms with Crippen LogP contribution in [0.4, 0.5) is 0 Å². The van der Waals surface area contributed by atoms with Crippen LogP contribution in [0.15, 0.2) is 18.3 Å². The van der Waals surface area contributed by atoms with E-state index in [-0.39, 0.29) is 6.10 Å². The van der Waals surface area contributed by atoms with Crippen molar-refractivity contribution in [3.8, 4) is 5.88 Å². The zero-order valence-corrected chi connectivity index (χ0v) is 13.3. The molecule has 0 aliphatic rings. The van der Waals surface area contributed by atoms with Gasteiger partial charge in [-0.25, -0.2) is 4.98 Å². The van der Waals surface area contributed by atoms with E-state index in [1.807, 2.05) is 26.0 Å². The lowest BCUT2D eigenvalue weighted by Crippen LogP contribution is -2.30. The first-order chi connectivity index (χ1) is 10.1. The van der Waals surface area contributed by atoms with Crippen molar-refractivity contribution in [2.75, 3.05) is 19.8 Å². The maximum Gasteiger partial charge on any atom is 0.218 e. The van der Waals surface area contributed by atoms with E-state index >= 15 is 0 Å². The summed E-state index contributed by atoms with van der Waals surface area (Å²) in [7, 11) is 0. The maximum absolute atomic E-state index is 9.81. The van der Waals surface area contributed by atoms with E-state index in [2.05, 4.69) is 17.2 Å². The van der Waals surface area contributed by atoms with Crippen molar-refractivity contribution in [3.05, 3.63) is 23.9 Å². The third-order valence-electron chi connectivity index (χ3n) is 2.85. The van der Waals surface area contributed by atoms with Crippen LogP contribution in [-0.4, -0.2) is 42.1 Å². The van der Waals surface area contributed by atoms with Gasteiger partial charge in [0.15, 0.2) is 0 Å². The van der Waals surface area contributed by atoms with E-state index < -0.39 is 6.10 Å². The number of aliphatic hydroxyl groups is 1. The van der Waals surface area contributed by atoms with Crippen molar-refractivity contribution >= 4 is 0 Å². The van der Waals surface area contributed by atoms with Crippen LogP contribution in [-0.2, 0) is 11.3 Å². The molecule has 5 nitrogen and oxygen atoms in total. The largest absolute Gasteiger partial charge is 0.475 e. The predicted molar refractivity (Wildman–Crippen MR) is 83.4 cm³/mol. The van der Waals surface area contributed by atoms with Crippen LogP contribution in [0.2, 0.25) is 0 Å². The average molecular weight is 296 g/mol. The summed E-state index contributed by atoms with van der Waals surface area (Å²) in [5, 5.41) is 13.0. The van der Waals surface area contributed by atoms with Gasteiger partial charge in [-0.3, -0.25) is 0 Å². The van der Waals surface area contributed by atoms with E-state index in [0.29, 0.717) is 32.2 Å². The molecule has 0 bridgehead atoms. The fourth-order valence-electron chi connectivity index (χ4n) is 1.79. The molecule has 0 fully saturated rings. The Morgan fingerprint density at radius 3 is 2.90 bits per heavy atom. The highest BCUT2D eigenvalue weighted by Crippen LogP contribution is 2.15. The van der Waals surface area contributed by atoms with E-state index in [0.717, 1.165) is 18.4 Å². The fraction of sp³-hybridized carbons (Fsp3) is 0.688. The summed E-state index contributed by atoms with van der Waals surface area (Å²) in [5.74, 6) is 0.647. The van der Waals surface area contributed by atoms with Gasteiger partial charge in [-0.1, -0.05) is 19.4 Å². The number of nitrogens with one attached hydrogen (secondary N) is 1. The molecule has 1 aromatic rings. The summed E-state index contributed by atoms with van der Waals surface area (Å²) >= 11 is 0. The van der Waals surface area contributed by atoms with Gasteiger partial charge in [0.25, 0.3) is 0 Å². The molecule has 0 aliphatic heterocycles. The molecule has 21 heavy (non-hydrogen) atoms. The Morgan fingerprint density at radius 2 is 2.19 bits per heavy atom. The van der Waals surface area contributed by atoms with Crippen LogP contribution in [0.5, 0.6) is 5.88 Å². The van der Waals surface area contributed by atoms with Crippen molar-refractivity contribution in [2.24, 2.45) is 0 Å². The van der Waals surface area contributed by atoms with Crippen molar-refractivity contribution < 1.29 is 14.6 Å². The van der Waals surface area contributed by atoms with Crippen LogP contribution in [0.1, 0.15) is 39.2 Å². The maximum atomic E-state index is 9.81. The molecule has 5 heteroatoms. The van der Waals surface area contributed by atoms with E-state index in [4.69, 9.17) is 9.47 Å². The van der Waals surface area contributed by atoms with Gasteiger partial charge >= 0.3 is 0 Å². The third kappa shape index (κ3) is 7.99. The summed E-state index contributed by atoms with van der Waals surface area (Å²) in [5.41, 5.74) is 0.991. The summed E-state index contributed by atoms with van der Waals surface area (Å²) in [4.78, 5) is 4.24. The highest BCUT2D eigenvalue weighted by atomic mass is 16.5. The minimum Gasteiger partial charge on any atom is -0.475 e. The topological polar surface area (TPSA) is 63.6 Å². The lowest BCUT2D eigenvalue weighted by Gasteiger charge is -2.15. The predicted octanol–water partition coefficient (Wildman–Crippen LogP) is 2.14. The molecule has 1 heterocycles. The Kier molecular flexibility index (Phi) is 8.98. The average Bonchev–Trinajstić information content (AvgIpc) is 2.45. The number of pyridine rings is 1. The van der Waals surface area contributed by atoms with Crippen LogP contribution in [0.25, 0.3) is 0 Å². The molecule has 0 spiro atoms. The quantitative estimate of drug-likeness (QED) is 0.613. The Morgan fingerprint density at radius 1 is 1.38 bits per heavy atom. The monoisotopic (exact) mass is 296 g/mol. The second-order valence-corrected chi connectivity index (χ2v) is 5.35. The summed E-state index contributed by atoms with van der Waals surface area (Å²) in [6.07, 6.45) is 3.46. The van der Waals surface area contributed by atoms with E-state index in [1.54, 1.807) is 6.20 Å². The Bertz CT molecular complexity index is 386. The van der Waals surface area contributed by atoms with Crippen molar-refractivity contribution in [1.29, 1.82) is 0 Å².